The fraction of sp³-hybridized carbons (Fsp3) is 0.571. The molecule has 132 valence electrons. The summed E-state index contributed by atoms with van der Waals surface area (Å²) in [7, 11) is 0. The molecular weight excluding hydrogens is 312 g/mol. The van der Waals surface area contributed by atoms with Crippen LogP contribution in [0.4, 0.5) is 5.69 Å². The number of rotatable bonds is 3. The van der Waals surface area contributed by atoms with Crippen molar-refractivity contribution < 1.29 is 9.53 Å². The second kappa shape index (κ2) is 5.60. The molecule has 6 rings (SSSR count). The van der Waals surface area contributed by atoms with E-state index in [2.05, 4.69) is 22.9 Å². The number of fused-ring (bicyclic) bond motifs is 1. The van der Waals surface area contributed by atoms with Gasteiger partial charge in [0, 0.05) is 23.3 Å². The van der Waals surface area contributed by atoms with Gasteiger partial charge in [-0.05, 0) is 80.6 Å². The van der Waals surface area contributed by atoms with Crippen LogP contribution in [0, 0.1) is 17.8 Å². The van der Waals surface area contributed by atoms with E-state index in [1.54, 1.807) is 0 Å². The lowest BCUT2D eigenvalue weighted by Crippen LogP contribution is -2.61. The molecule has 1 heterocycles. The Hall–Kier alpha value is -1.81. The molecule has 25 heavy (non-hydrogen) atoms. The molecule has 1 aromatic carbocycles. The van der Waals surface area contributed by atoms with Crippen LogP contribution < -0.4 is 10.1 Å². The van der Waals surface area contributed by atoms with E-state index < -0.39 is 0 Å². The number of hydrogen-bond donors (Lipinski definition) is 1. The summed E-state index contributed by atoms with van der Waals surface area (Å²) in [5, 5.41) is 2.86. The molecule has 0 aromatic heterocycles. The Labute approximate surface area is 149 Å². The van der Waals surface area contributed by atoms with Crippen LogP contribution in [0.3, 0.4) is 0 Å². The number of anilines is 1. The van der Waals surface area contributed by atoms with Crippen LogP contribution in [0.1, 0.15) is 44.1 Å². The van der Waals surface area contributed by atoms with Crippen molar-refractivity contribution in [3.05, 3.63) is 36.4 Å². The number of amides is 1. The van der Waals surface area contributed by atoms with Crippen molar-refractivity contribution in [3.63, 3.8) is 0 Å². The topological polar surface area (TPSA) is 41.6 Å². The van der Waals surface area contributed by atoms with Crippen molar-refractivity contribution in [3.8, 4) is 5.75 Å². The van der Waals surface area contributed by atoms with Crippen LogP contribution in [0.15, 0.2) is 30.9 Å². The van der Waals surface area contributed by atoms with Gasteiger partial charge in [0.25, 0.3) is 0 Å². The summed E-state index contributed by atoms with van der Waals surface area (Å²) in [5.74, 6) is 3.59. The standard InChI is InChI=1S/C21H26N2O2/c1-2-20(24)22-18-3-4-19-17(8-18)12-23(13-25-19)21-9-14-5-15(10-21)7-16(6-14)11-21/h2-4,8,14-16H,1,5-7,9-13H2,(H,22,24). The second-order valence-electron chi connectivity index (χ2n) is 8.63. The van der Waals surface area contributed by atoms with E-state index >= 15 is 0 Å². The number of ether oxygens (including phenoxy) is 1. The van der Waals surface area contributed by atoms with Gasteiger partial charge in [-0.15, -0.1) is 0 Å². The Morgan fingerprint density at radius 2 is 1.88 bits per heavy atom. The van der Waals surface area contributed by atoms with Crippen molar-refractivity contribution in [2.45, 2.75) is 50.6 Å². The highest BCUT2D eigenvalue weighted by Crippen LogP contribution is 2.58. The minimum absolute atomic E-state index is 0.172. The quantitative estimate of drug-likeness (QED) is 0.849. The molecule has 0 saturated heterocycles. The monoisotopic (exact) mass is 338 g/mol. The number of carbonyl (C=O) groups is 1. The van der Waals surface area contributed by atoms with Crippen molar-refractivity contribution >= 4 is 11.6 Å². The summed E-state index contributed by atoms with van der Waals surface area (Å²) < 4.78 is 6.10. The van der Waals surface area contributed by atoms with Crippen LogP contribution in [0.2, 0.25) is 0 Å². The van der Waals surface area contributed by atoms with Gasteiger partial charge in [-0.1, -0.05) is 6.58 Å². The van der Waals surface area contributed by atoms with E-state index in [0.717, 1.165) is 35.7 Å². The molecule has 1 amide bonds. The summed E-state index contributed by atoms with van der Waals surface area (Å²) in [4.78, 5) is 14.2. The summed E-state index contributed by atoms with van der Waals surface area (Å²) in [6.07, 6.45) is 9.74. The smallest absolute Gasteiger partial charge is 0.247 e. The largest absolute Gasteiger partial charge is 0.478 e. The van der Waals surface area contributed by atoms with Gasteiger partial charge in [-0.25, -0.2) is 0 Å². The van der Waals surface area contributed by atoms with Crippen LogP contribution >= 0.6 is 0 Å². The molecule has 0 atom stereocenters. The molecule has 1 aliphatic heterocycles. The molecule has 0 radical (unpaired) electrons. The van der Waals surface area contributed by atoms with Gasteiger partial charge < -0.3 is 10.1 Å². The first-order valence-corrected chi connectivity index (χ1v) is 9.58. The van der Waals surface area contributed by atoms with E-state index in [1.807, 2.05) is 12.1 Å². The first kappa shape index (κ1) is 15.4. The SMILES string of the molecule is C=CC(=O)Nc1ccc2c(c1)CN(C13CC4CC(CC(C4)C1)C3)CO2. The maximum absolute atomic E-state index is 11.6. The first-order valence-electron chi connectivity index (χ1n) is 9.58. The third-order valence-electron chi connectivity index (χ3n) is 6.93. The van der Waals surface area contributed by atoms with Gasteiger partial charge in [0.05, 0.1) is 0 Å². The van der Waals surface area contributed by atoms with Gasteiger partial charge in [-0.2, -0.15) is 0 Å². The molecule has 4 saturated carbocycles. The predicted octanol–water partition coefficient (Wildman–Crippen LogP) is 3.93. The van der Waals surface area contributed by atoms with E-state index in [-0.39, 0.29) is 5.91 Å². The van der Waals surface area contributed by atoms with E-state index in [4.69, 9.17) is 4.74 Å². The molecule has 4 fully saturated rings. The van der Waals surface area contributed by atoms with E-state index in [1.165, 1.54) is 50.2 Å². The zero-order valence-electron chi connectivity index (χ0n) is 14.7. The predicted molar refractivity (Wildman–Crippen MR) is 97.2 cm³/mol. The van der Waals surface area contributed by atoms with Crippen LogP contribution in [-0.2, 0) is 11.3 Å². The molecule has 1 aromatic rings. The zero-order chi connectivity index (χ0) is 17.0. The van der Waals surface area contributed by atoms with Crippen molar-refractivity contribution in [2.24, 2.45) is 17.8 Å². The lowest BCUT2D eigenvalue weighted by atomic mass is 9.52. The molecule has 1 N–H and O–H groups in total. The van der Waals surface area contributed by atoms with Gasteiger partial charge in [0.1, 0.15) is 12.5 Å². The van der Waals surface area contributed by atoms with Crippen molar-refractivity contribution in [1.29, 1.82) is 0 Å². The number of carbonyl (C=O) groups excluding carboxylic acids is 1. The molecular formula is C21H26N2O2. The summed E-state index contributed by atoms with van der Waals surface area (Å²) in [6.45, 7) is 5.15. The van der Waals surface area contributed by atoms with Gasteiger partial charge in [0.15, 0.2) is 0 Å². The average molecular weight is 338 g/mol. The van der Waals surface area contributed by atoms with Crippen molar-refractivity contribution in [1.82, 2.24) is 4.90 Å². The molecule has 5 aliphatic rings. The first-order chi connectivity index (χ1) is 12.1. The Balaban J connectivity index is 1.39. The maximum atomic E-state index is 11.6. The van der Waals surface area contributed by atoms with Crippen molar-refractivity contribution in [2.75, 3.05) is 12.0 Å². The van der Waals surface area contributed by atoms with E-state index in [9.17, 15) is 4.79 Å². The third kappa shape index (κ3) is 2.58. The second-order valence-corrected chi connectivity index (χ2v) is 8.63. The highest BCUT2D eigenvalue weighted by molar-refractivity contribution is 5.98. The molecule has 4 heteroatoms. The van der Waals surface area contributed by atoms with E-state index in [0.29, 0.717) is 12.3 Å². The zero-order valence-corrected chi connectivity index (χ0v) is 14.7. The van der Waals surface area contributed by atoms with Gasteiger partial charge >= 0.3 is 0 Å². The van der Waals surface area contributed by atoms with Crippen LogP contribution in [-0.4, -0.2) is 23.1 Å². The third-order valence-corrected chi connectivity index (χ3v) is 6.93. The summed E-state index contributed by atoms with van der Waals surface area (Å²) >= 11 is 0. The maximum Gasteiger partial charge on any atom is 0.247 e. The fourth-order valence-corrected chi connectivity index (χ4v) is 6.27. The van der Waals surface area contributed by atoms with Crippen LogP contribution in [0.5, 0.6) is 5.75 Å². The highest BCUT2D eigenvalue weighted by atomic mass is 16.5. The minimum Gasteiger partial charge on any atom is -0.478 e. The minimum atomic E-state index is -0.172. The number of hydrogen-bond acceptors (Lipinski definition) is 3. The summed E-state index contributed by atoms with van der Waals surface area (Å²) in [5.41, 5.74) is 2.36. The Kier molecular flexibility index (Phi) is 3.46. The summed E-state index contributed by atoms with van der Waals surface area (Å²) in [6, 6.07) is 5.94. The average Bonchev–Trinajstić information content (AvgIpc) is 2.60. The molecule has 0 unspecified atom stereocenters. The fourth-order valence-electron chi connectivity index (χ4n) is 6.27. The lowest BCUT2D eigenvalue weighted by molar-refractivity contribution is -0.119. The van der Waals surface area contributed by atoms with Crippen LogP contribution in [0.25, 0.3) is 0 Å². The molecule has 4 nitrogen and oxygen atoms in total. The number of benzene rings is 1. The van der Waals surface area contributed by atoms with Gasteiger partial charge in [-0.3, -0.25) is 9.69 Å². The molecule has 4 aliphatic carbocycles. The Morgan fingerprint density at radius 3 is 2.52 bits per heavy atom. The number of nitrogens with zero attached hydrogens (tertiary/aromatic N) is 1. The van der Waals surface area contributed by atoms with Gasteiger partial charge in [0.2, 0.25) is 5.91 Å². The molecule has 4 bridgehead atoms. The molecule has 0 spiro atoms. The number of nitrogens with one attached hydrogen (secondary N) is 1. The Bertz CT molecular complexity index is 691. The lowest BCUT2D eigenvalue weighted by Gasteiger charge is -2.61. The normalized spacial score (nSPS) is 35.8. The highest BCUT2D eigenvalue weighted by Gasteiger charge is 2.54. The Morgan fingerprint density at radius 1 is 1.20 bits per heavy atom.